The standard InChI is InChI=1S/5C9H8N4.5C5H12.6CH4/c1-3-10-8-5-11-7-2-4-12-13-9(7)6(1)8;1-3-10-8-5-11-9-7(6(1)8)2-4-12-13-9;1-2-11-7-4-12-8-3-10-5-13-9(8)6(1)7;1-2-11-8-4-12-9-7(6(1)8)3-10-5-13-9;1-2-10-7-5-13-9-8(6(1)7)11-3-4-12-9;5*1-5(2,3)4;;;;;;/h1-4,10-11H,5H2;1-4,10H,5H2,(H,11,13);1-3,5,11-12H,4H2;1-3,5,11H,4H2,(H,10,12,13);1-4,10H,5H2,(H,12,13);5*1-4H3;6*1H4. The lowest BCUT2D eigenvalue weighted by Crippen LogP contribution is -2.10. The van der Waals surface area contributed by atoms with E-state index in [-0.39, 0.29) is 44.6 Å². The van der Waals surface area contributed by atoms with Crippen LogP contribution in [-0.4, -0.2) is 75.2 Å². The molecule has 0 saturated heterocycles. The molecule has 96 heavy (non-hydrogen) atoms. The molecule has 0 atom stereocenters. The number of hydrogen-bond donors (Lipinski definition) is 10. The molecule has 0 aliphatic carbocycles. The molecular weight excluding hydrogens is 1190 g/mol. The van der Waals surface area contributed by atoms with E-state index in [1.807, 2.05) is 67.5 Å². The van der Waals surface area contributed by atoms with Gasteiger partial charge in [-0.3, -0.25) is 4.98 Å². The second kappa shape index (κ2) is 39.0. The molecule has 20 heteroatoms. The second-order valence-electron chi connectivity index (χ2n) is 30.0. The van der Waals surface area contributed by atoms with Crippen LogP contribution in [0.2, 0.25) is 0 Å². The van der Waals surface area contributed by atoms with Crippen molar-refractivity contribution in [2.45, 2.75) is 216 Å². The SMILES string of the molecule is C.C.C.C.C.C.CC(C)(C)C.CC(C)(C)C.CC(C)(C)C.CC(C)(C)C.CC(C)(C)C.c1cc2c(nn1)-c1cc[nH]c1CN2.c1cc2c(nn1)NCc1[nH]ccc1-2.c1cnc2c(n1)NCc1[nH]ccc1-2.c1ncc2c(n1)-c1cc[nH]c1CN2.c1ncc2c(n1)NCc1[nH]ccc1-2. The zero-order valence-electron chi connectivity index (χ0n) is 57.1. The van der Waals surface area contributed by atoms with Crippen molar-refractivity contribution in [1.82, 2.24) is 75.2 Å². The summed E-state index contributed by atoms with van der Waals surface area (Å²) in [5.74, 6) is 2.66. The van der Waals surface area contributed by atoms with Gasteiger partial charge in [0.05, 0.1) is 68.4 Å². The van der Waals surface area contributed by atoms with Crippen LogP contribution >= 0.6 is 0 Å². The Kier molecular flexibility index (Phi) is 35.3. The summed E-state index contributed by atoms with van der Waals surface area (Å²) >= 11 is 0. The Bertz CT molecular complexity index is 3150. The minimum atomic E-state index is 0. The van der Waals surface area contributed by atoms with Crippen molar-refractivity contribution in [3.63, 3.8) is 0 Å². The molecule has 0 bridgehead atoms. The lowest BCUT2D eigenvalue weighted by molar-refractivity contribution is 0.469. The number of aromatic nitrogens is 15. The summed E-state index contributed by atoms with van der Waals surface area (Å²) in [6.45, 7) is 47.8. The molecular formula is C76H124N20. The second-order valence-corrected chi connectivity index (χ2v) is 30.0. The van der Waals surface area contributed by atoms with Crippen molar-refractivity contribution in [1.29, 1.82) is 0 Å². The van der Waals surface area contributed by atoms with E-state index in [9.17, 15) is 0 Å². The highest BCUT2D eigenvalue weighted by Crippen LogP contribution is 2.36. The summed E-state index contributed by atoms with van der Waals surface area (Å²) in [6, 6.07) is 14.1. The normalized spacial score (nSPS) is 11.9. The summed E-state index contributed by atoms with van der Waals surface area (Å²) < 4.78 is 0. The third-order valence-electron chi connectivity index (χ3n) is 11.3. The monoisotopic (exact) mass is 1320 g/mol. The molecule has 0 saturated carbocycles. The van der Waals surface area contributed by atoms with Gasteiger partial charge in [-0.2, -0.15) is 10.2 Å². The number of hydrogen-bond acceptors (Lipinski definition) is 15. The van der Waals surface area contributed by atoms with Gasteiger partial charge in [0.2, 0.25) is 0 Å². The van der Waals surface area contributed by atoms with Crippen LogP contribution in [0.4, 0.5) is 28.8 Å². The Morgan fingerprint density at radius 2 is 0.635 bits per heavy atom. The summed E-state index contributed by atoms with van der Waals surface area (Å²) in [5, 5.41) is 32.0. The predicted molar refractivity (Wildman–Crippen MR) is 412 cm³/mol. The van der Waals surface area contributed by atoms with Crippen molar-refractivity contribution < 1.29 is 0 Å². The molecule has 0 aromatic carbocycles. The lowest BCUT2D eigenvalue weighted by Gasteiger charge is -2.16. The molecule has 15 rings (SSSR count). The molecule has 528 valence electrons. The number of H-pyrrole nitrogens is 5. The van der Waals surface area contributed by atoms with Crippen LogP contribution in [0.25, 0.3) is 56.0 Å². The van der Waals surface area contributed by atoms with Crippen molar-refractivity contribution >= 4 is 28.8 Å². The summed E-state index contributed by atoms with van der Waals surface area (Å²) in [6.07, 6.45) is 23.3. The van der Waals surface area contributed by atoms with Gasteiger partial charge >= 0.3 is 0 Å². The summed E-state index contributed by atoms with van der Waals surface area (Å²) in [5.41, 5.74) is 21.5. The Morgan fingerprint density at radius 1 is 0.281 bits per heavy atom. The maximum Gasteiger partial charge on any atom is 0.156 e. The van der Waals surface area contributed by atoms with E-state index in [1.54, 1.807) is 43.6 Å². The molecule has 5 aliphatic heterocycles. The van der Waals surface area contributed by atoms with E-state index in [4.69, 9.17) is 0 Å². The van der Waals surface area contributed by atoms with Gasteiger partial charge in [-0.05, 0) is 69.5 Å². The van der Waals surface area contributed by atoms with Gasteiger partial charge in [0.25, 0.3) is 0 Å². The van der Waals surface area contributed by atoms with E-state index in [1.165, 1.54) is 45.2 Å². The van der Waals surface area contributed by atoms with Crippen LogP contribution < -0.4 is 26.6 Å². The molecule has 10 N–H and O–H groups in total. The van der Waals surface area contributed by atoms with Crippen LogP contribution in [-0.2, 0) is 32.7 Å². The summed E-state index contributed by atoms with van der Waals surface area (Å²) in [4.78, 5) is 40.8. The van der Waals surface area contributed by atoms with E-state index >= 15 is 0 Å². The third-order valence-corrected chi connectivity index (χ3v) is 11.3. The molecule has 0 unspecified atom stereocenters. The fourth-order valence-electron chi connectivity index (χ4n) is 8.16. The minimum Gasteiger partial charge on any atom is -0.378 e. The Morgan fingerprint density at radius 3 is 1.14 bits per heavy atom. The molecule has 0 fully saturated rings. The van der Waals surface area contributed by atoms with Crippen molar-refractivity contribution in [2.24, 2.45) is 27.1 Å². The van der Waals surface area contributed by atoms with Crippen LogP contribution in [0.15, 0.2) is 123 Å². The molecule has 10 aromatic heterocycles. The Hall–Kier alpha value is -9.20. The Labute approximate surface area is 578 Å². The van der Waals surface area contributed by atoms with E-state index in [0.29, 0.717) is 27.1 Å². The fraction of sp³-hybridized carbons (Fsp3) is 0.474. The molecule has 0 spiro atoms. The van der Waals surface area contributed by atoms with Gasteiger partial charge in [0.1, 0.15) is 29.9 Å². The topological polar surface area (TPSA) is 268 Å². The highest BCUT2D eigenvalue weighted by atomic mass is 15.2. The molecule has 10 aromatic rings. The van der Waals surface area contributed by atoms with Crippen LogP contribution in [0.5, 0.6) is 0 Å². The molecule has 5 aliphatic rings. The van der Waals surface area contributed by atoms with Crippen LogP contribution in [0.1, 0.15) is 212 Å². The Balaban J connectivity index is 0.00000107. The molecule has 20 nitrogen and oxygen atoms in total. The first-order chi connectivity index (χ1) is 42.2. The maximum absolute atomic E-state index is 4.29. The quantitative estimate of drug-likeness (QED) is 0.0676. The van der Waals surface area contributed by atoms with Gasteiger partial charge in [0.15, 0.2) is 11.6 Å². The average molecular weight is 1320 g/mol. The highest BCUT2D eigenvalue weighted by molar-refractivity contribution is 5.81. The maximum atomic E-state index is 4.29. The number of aromatic amines is 5. The van der Waals surface area contributed by atoms with Gasteiger partial charge in [-0.25, -0.2) is 24.9 Å². The first-order valence-corrected chi connectivity index (χ1v) is 30.8. The smallest absolute Gasteiger partial charge is 0.156 e. The van der Waals surface area contributed by atoms with E-state index in [0.717, 1.165) is 101 Å². The molecule has 0 amide bonds. The number of nitrogens with zero attached hydrogens (tertiary/aromatic N) is 10. The van der Waals surface area contributed by atoms with Crippen LogP contribution in [0.3, 0.4) is 0 Å². The van der Waals surface area contributed by atoms with Gasteiger partial charge in [-0.1, -0.05) is 183 Å². The van der Waals surface area contributed by atoms with Gasteiger partial charge in [0, 0.05) is 117 Å². The number of rotatable bonds is 0. The first-order valence-electron chi connectivity index (χ1n) is 30.8. The van der Waals surface area contributed by atoms with E-state index in [2.05, 4.69) is 252 Å². The highest BCUT2D eigenvalue weighted by Gasteiger charge is 2.21. The number of nitrogens with one attached hydrogen (secondary N) is 10. The van der Waals surface area contributed by atoms with Gasteiger partial charge < -0.3 is 51.5 Å². The number of anilines is 5. The summed E-state index contributed by atoms with van der Waals surface area (Å²) in [7, 11) is 0. The molecule has 0 radical (unpaired) electrons. The average Bonchev–Trinajstić information content (AvgIpc) is 1.65. The van der Waals surface area contributed by atoms with Gasteiger partial charge in [-0.15, -0.1) is 10.2 Å². The van der Waals surface area contributed by atoms with Crippen molar-refractivity contribution in [3.8, 4) is 56.0 Å². The zero-order chi connectivity index (χ0) is 65.9. The van der Waals surface area contributed by atoms with E-state index < -0.39 is 0 Å². The largest absolute Gasteiger partial charge is 0.378 e. The fourth-order valence-corrected chi connectivity index (χ4v) is 8.16. The number of fused-ring (bicyclic) bond motifs is 15. The van der Waals surface area contributed by atoms with Crippen molar-refractivity contribution in [3.05, 3.63) is 152 Å². The first kappa shape index (κ1) is 86.8. The lowest BCUT2D eigenvalue weighted by atomic mass is 10.0. The van der Waals surface area contributed by atoms with Crippen LogP contribution in [0, 0.1) is 27.1 Å². The van der Waals surface area contributed by atoms with Crippen molar-refractivity contribution in [2.75, 3.05) is 26.6 Å². The minimum absolute atomic E-state index is 0. The predicted octanol–water partition coefficient (Wildman–Crippen LogP) is 21.1. The zero-order valence-corrected chi connectivity index (χ0v) is 57.1. The third kappa shape index (κ3) is 30.0. The molecule has 15 heterocycles.